The molecule has 2 amide bonds. The number of carbonyl (C=O) groups excluding carboxylic acids is 2. The number of aliphatic hydroxyl groups is 1. The van der Waals surface area contributed by atoms with Crippen LogP contribution < -0.4 is 15.4 Å². The maximum atomic E-state index is 12.8. The fourth-order valence-corrected chi connectivity index (χ4v) is 4.71. The monoisotopic (exact) mass is 465 g/mol. The highest BCUT2D eigenvalue weighted by atomic mass is 35.5. The van der Waals surface area contributed by atoms with Crippen molar-refractivity contribution in [1.82, 2.24) is 15.6 Å². The molecule has 1 atom stereocenters. The highest BCUT2D eigenvalue weighted by Gasteiger charge is 2.26. The van der Waals surface area contributed by atoms with Crippen LogP contribution in [-0.4, -0.2) is 41.1 Å². The van der Waals surface area contributed by atoms with E-state index in [4.69, 9.17) is 21.4 Å². The number of ether oxygens (including phenoxy) is 1. The Morgan fingerprint density at radius 2 is 2.06 bits per heavy atom. The Bertz CT molecular complexity index is 870. The number of amides is 2. The molecule has 9 heteroatoms. The summed E-state index contributed by atoms with van der Waals surface area (Å²) < 4.78 is 5.67. The quantitative estimate of drug-likeness (QED) is 0.498. The van der Waals surface area contributed by atoms with Gasteiger partial charge in [-0.2, -0.15) is 0 Å². The van der Waals surface area contributed by atoms with Crippen molar-refractivity contribution in [3.63, 3.8) is 0 Å². The van der Waals surface area contributed by atoms with E-state index < -0.39 is 6.04 Å². The Morgan fingerprint density at radius 3 is 2.81 bits per heavy atom. The highest BCUT2D eigenvalue weighted by Crippen LogP contribution is 2.28. The molecule has 0 aliphatic heterocycles. The molecule has 0 aromatic carbocycles. The van der Waals surface area contributed by atoms with Crippen molar-refractivity contribution in [3.8, 4) is 5.75 Å². The summed E-state index contributed by atoms with van der Waals surface area (Å²) in [5.74, 6) is 0.458. The van der Waals surface area contributed by atoms with Crippen LogP contribution >= 0.6 is 22.9 Å². The number of carbonyl (C=O) groups is 2. The van der Waals surface area contributed by atoms with Crippen LogP contribution in [0.15, 0.2) is 30.6 Å². The van der Waals surface area contributed by atoms with Crippen LogP contribution in [0.3, 0.4) is 0 Å². The topological polar surface area (TPSA) is 101 Å². The second-order valence-corrected chi connectivity index (χ2v) is 9.28. The zero-order valence-corrected chi connectivity index (χ0v) is 18.9. The van der Waals surface area contributed by atoms with Crippen LogP contribution in [-0.2, 0) is 11.4 Å². The zero-order chi connectivity index (χ0) is 22.1. The first kappa shape index (κ1) is 23.5. The second kappa shape index (κ2) is 12.0. The van der Waals surface area contributed by atoms with Gasteiger partial charge in [-0.25, -0.2) is 0 Å². The van der Waals surface area contributed by atoms with E-state index in [2.05, 4.69) is 15.6 Å². The lowest BCUT2D eigenvalue weighted by atomic mass is 9.84. The minimum absolute atomic E-state index is 0.133. The van der Waals surface area contributed by atoms with Crippen molar-refractivity contribution in [2.75, 3.05) is 13.2 Å². The van der Waals surface area contributed by atoms with Crippen molar-refractivity contribution < 1.29 is 19.4 Å². The fraction of sp³-hybridized carbons (Fsp3) is 0.500. The normalized spacial score (nSPS) is 15.3. The third kappa shape index (κ3) is 7.48. The lowest BCUT2D eigenvalue weighted by Crippen LogP contribution is -2.48. The van der Waals surface area contributed by atoms with Crippen molar-refractivity contribution in [2.24, 2.45) is 5.92 Å². The molecule has 3 N–H and O–H groups in total. The van der Waals surface area contributed by atoms with Crippen LogP contribution in [0.1, 0.15) is 53.1 Å². The highest BCUT2D eigenvalue weighted by molar-refractivity contribution is 7.14. The summed E-state index contributed by atoms with van der Waals surface area (Å²) in [6.07, 6.45) is 9.45. The van der Waals surface area contributed by atoms with Crippen LogP contribution in [0.5, 0.6) is 5.75 Å². The summed E-state index contributed by atoms with van der Waals surface area (Å²) >= 11 is 7.23. The van der Waals surface area contributed by atoms with Gasteiger partial charge in [-0.15, -0.1) is 11.3 Å². The lowest BCUT2D eigenvalue weighted by Gasteiger charge is -2.26. The fourth-order valence-electron chi connectivity index (χ4n) is 3.72. The first-order valence-corrected chi connectivity index (χ1v) is 11.8. The van der Waals surface area contributed by atoms with Crippen molar-refractivity contribution in [2.45, 2.75) is 51.2 Å². The molecule has 0 spiro atoms. The predicted octanol–water partition coefficient (Wildman–Crippen LogP) is 3.55. The Labute approximate surface area is 191 Å². The molecule has 0 radical (unpaired) electrons. The molecule has 168 valence electrons. The van der Waals surface area contributed by atoms with Gasteiger partial charge in [-0.3, -0.25) is 14.6 Å². The Kier molecular flexibility index (Phi) is 9.12. The molecule has 2 heterocycles. The smallest absolute Gasteiger partial charge is 0.262 e. The van der Waals surface area contributed by atoms with Gasteiger partial charge in [0.1, 0.15) is 18.4 Å². The van der Waals surface area contributed by atoms with Gasteiger partial charge in [-0.1, -0.05) is 43.7 Å². The number of nitrogens with zero attached hydrogens (tertiary/aromatic N) is 1. The summed E-state index contributed by atoms with van der Waals surface area (Å²) in [5.41, 5.74) is 0. The molecular formula is C22H28ClN3O4S. The molecule has 2 aromatic heterocycles. The van der Waals surface area contributed by atoms with E-state index in [9.17, 15) is 9.59 Å². The number of pyridine rings is 1. The summed E-state index contributed by atoms with van der Waals surface area (Å²) in [7, 11) is 0. The number of rotatable bonds is 10. The van der Waals surface area contributed by atoms with E-state index in [-0.39, 0.29) is 25.0 Å². The predicted molar refractivity (Wildman–Crippen MR) is 120 cm³/mol. The number of hydrogen-bond donors (Lipinski definition) is 3. The molecule has 1 fully saturated rings. The van der Waals surface area contributed by atoms with Crippen molar-refractivity contribution in [3.05, 3.63) is 45.4 Å². The van der Waals surface area contributed by atoms with E-state index >= 15 is 0 Å². The molecule has 31 heavy (non-hydrogen) atoms. The summed E-state index contributed by atoms with van der Waals surface area (Å²) in [4.78, 5) is 30.7. The van der Waals surface area contributed by atoms with Crippen LogP contribution in [0.25, 0.3) is 0 Å². The number of hydrogen-bond acceptors (Lipinski definition) is 6. The first-order chi connectivity index (χ1) is 15.0. The van der Waals surface area contributed by atoms with Gasteiger partial charge < -0.3 is 20.5 Å². The Morgan fingerprint density at radius 1 is 1.26 bits per heavy atom. The number of aromatic nitrogens is 1. The van der Waals surface area contributed by atoms with Gasteiger partial charge >= 0.3 is 0 Å². The van der Waals surface area contributed by atoms with E-state index in [0.717, 1.165) is 17.7 Å². The van der Waals surface area contributed by atoms with Crippen LogP contribution in [0.2, 0.25) is 5.02 Å². The Balaban J connectivity index is 1.58. The number of nitrogens with one attached hydrogen (secondary N) is 2. The largest absolute Gasteiger partial charge is 0.486 e. The Hall–Kier alpha value is -2.16. The summed E-state index contributed by atoms with van der Waals surface area (Å²) in [6.45, 7) is 0.337. The molecule has 1 saturated carbocycles. The minimum Gasteiger partial charge on any atom is -0.486 e. The van der Waals surface area contributed by atoms with E-state index in [1.54, 1.807) is 18.3 Å². The number of aliphatic hydroxyl groups excluding tert-OH is 1. The van der Waals surface area contributed by atoms with E-state index in [1.165, 1.54) is 36.8 Å². The van der Waals surface area contributed by atoms with Crippen molar-refractivity contribution >= 4 is 34.8 Å². The summed E-state index contributed by atoms with van der Waals surface area (Å²) in [6, 6.07) is 4.63. The summed E-state index contributed by atoms with van der Waals surface area (Å²) in [5, 5.41) is 15.1. The average Bonchev–Trinajstić information content (AvgIpc) is 3.25. The second-order valence-electron chi connectivity index (χ2n) is 7.67. The van der Waals surface area contributed by atoms with Gasteiger partial charge in [0.2, 0.25) is 5.91 Å². The average molecular weight is 466 g/mol. The maximum Gasteiger partial charge on any atom is 0.262 e. The van der Waals surface area contributed by atoms with Gasteiger partial charge in [-0.05, 0) is 24.5 Å². The minimum atomic E-state index is -0.610. The van der Waals surface area contributed by atoms with Crippen LogP contribution in [0, 0.1) is 5.92 Å². The van der Waals surface area contributed by atoms with E-state index in [1.807, 2.05) is 6.07 Å². The molecule has 0 saturated heterocycles. The van der Waals surface area contributed by atoms with Gasteiger partial charge in [0, 0.05) is 23.7 Å². The third-order valence-electron chi connectivity index (χ3n) is 5.27. The molecule has 0 bridgehead atoms. The maximum absolute atomic E-state index is 12.8. The molecule has 2 aromatic rings. The zero-order valence-electron chi connectivity index (χ0n) is 17.3. The molecule has 1 aliphatic rings. The molecule has 3 rings (SSSR count). The lowest BCUT2D eigenvalue weighted by molar-refractivity contribution is -0.123. The van der Waals surface area contributed by atoms with E-state index in [0.29, 0.717) is 34.6 Å². The van der Waals surface area contributed by atoms with Gasteiger partial charge in [0.05, 0.1) is 22.7 Å². The number of halogens is 1. The third-order valence-corrected chi connectivity index (χ3v) is 6.54. The molecular weight excluding hydrogens is 438 g/mol. The SMILES string of the molecule is O=C(NC(CC1CCCCC1)C(=O)NCCO)c1ccc(COc2cncc(Cl)c2)s1. The standard InChI is InChI=1S/C22H28ClN3O4S/c23-16-11-17(13-24-12-16)30-14-18-6-7-20(31-18)22(29)26-19(21(28)25-8-9-27)10-15-4-2-1-3-5-15/h6-7,11-13,15,19,27H,1-5,8-10,14H2,(H,25,28)(H,26,29). The van der Waals surface area contributed by atoms with Gasteiger partial charge in [0.15, 0.2) is 0 Å². The van der Waals surface area contributed by atoms with Crippen molar-refractivity contribution in [1.29, 1.82) is 0 Å². The molecule has 1 unspecified atom stereocenters. The molecule has 7 nitrogen and oxygen atoms in total. The number of thiophene rings is 1. The first-order valence-electron chi connectivity index (χ1n) is 10.6. The van der Waals surface area contributed by atoms with Gasteiger partial charge in [0.25, 0.3) is 5.91 Å². The van der Waals surface area contributed by atoms with Crippen LogP contribution in [0.4, 0.5) is 0 Å². The molecule has 1 aliphatic carbocycles.